The van der Waals surface area contributed by atoms with Crippen molar-refractivity contribution in [2.45, 2.75) is 66.2 Å². The molecule has 0 radical (unpaired) electrons. The first-order chi connectivity index (χ1) is 10.8. The van der Waals surface area contributed by atoms with Gasteiger partial charge in [-0.2, -0.15) is 0 Å². The number of ketones is 2. The lowest BCUT2D eigenvalue weighted by Gasteiger charge is -2.56. The van der Waals surface area contributed by atoms with Crippen LogP contribution in [-0.2, 0) is 9.59 Å². The van der Waals surface area contributed by atoms with E-state index in [-0.39, 0.29) is 10.8 Å². The minimum absolute atomic E-state index is 0.0882. The van der Waals surface area contributed by atoms with Crippen LogP contribution in [0, 0.1) is 28.6 Å². The van der Waals surface area contributed by atoms with Crippen LogP contribution in [0.25, 0.3) is 0 Å². The van der Waals surface area contributed by atoms with Gasteiger partial charge in [-0.05, 0) is 73.8 Å². The van der Waals surface area contributed by atoms with Crippen molar-refractivity contribution in [3.63, 3.8) is 0 Å². The first-order valence-corrected chi connectivity index (χ1v) is 9.25. The smallest absolute Gasteiger partial charge is 0.158 e. The van der Waals surface area contributed by atoms with Gasteiger partial charge in [0.05, 0.1) is 0 Å². The topological polar surface area (TPSA) is 34.1 Å². The van der Waals surface area contributed by atoms with E-state index in [0.717, 1.165) is 37.7 Å². The molecule has 2 heteroatoms. The van der Waals surface area contributed by atoms with Crippen LogP contribution < -0.4 is 0 Å². The fourth-order valence-electron chi connectivity index (χ4n) is 6.69. The Kier molecular flexibility index (Phi) is 3.12. The summed E-state index contributed by atoms with van der Waals surface area (Å²) in [6.45, 7) is 8.83. The zero-order valence-electron chi connectivity index (χ0n) is 14.9. The molecule has 4 aliphatic carbocycles. The minimum Gasteiger partial charge on any atom is -0.299 e. The quantitative estimate of drug-likeness (QED) is 0.653. The molecule has 0 N–H and O–H groups in total. The van der Waals surface area contributed by atoms with Crippen LogP contribution >= 0.6 is 0 Å². The summed E-state index contributed by atoms with van der Waals surface area (Å²) in [5, 5.41) is 0. The lowest BCUT2D eigenvalue weighted by Crippen LogP contribution is -2.50. The molecule has 0 amide bonds. The molecule has 0 unspecified atom stereocenters. The summed E-state index contributed by atoms with van der Waals surface area (Å²) >= 11 is 0. The summed E-state index contributed by atoms with van der Waals surface area (Å²) in [6, 6.07) is 0. The van der Waals surface area contributed by atoms with Crippen molar-refractivity contribution in [3.8, 4) is 0 Å². The number of carbonyl (C=O) groups excluding carboxylic acids is 2. The van der Waals surface area contributed by atoms with E-state index in [2.05, 4.69) is 26.8 Å². The van der Waals surface area contributed by atoms with Gasteiger partial charge in [0.1, 0.15) is 5.78 Å². The van der Waals surface area contributed by atoms with E-state index in [1.54, 1.807) is 0 Å². The number of allylic oxidation sites excluding steroid dienone is 4. The van der Waals surface area contributed by atoms with Gasteiger partial charge < -0.3 is 0 Å². The molecule has 0 aliphatic heterocycles. The average molecular weight is 312 g/mol. The molecule has 0 spiro atoms. The van der Waals surface area contributed by atoms with Crippen LogP contribution in [0.4, 0.5) is 0 Å². The van der Waals surface area contributed by atoms with Gasteiger partial charge in [0, 0.05) is 18.3 Å². The van der Waals surface area contributed by atoms with Crippen LogP contribution in [0.3, 0.4) is 0 Å². The van der Waals surface area contributed by atoms with E-state index < -0.39 is 0 Å². The zero-order valence-corrected chi connectivity index (χ0v) is 14.9. The maximum absolute atomic E-state index is 12.5. The van der Waals surface area contributed by atoms with Crippen molar-refractivity contribution in [3.05, 3.63) is 22.8 Å². The van der Waals surface area contributed by atoms with E-state index >= 15 is 0 Å². The number of fused-ring (bicyclic) bond motifs is 5. The Hall–Kier alpha value is -1.18. The Morgan fingerprint density at radius 2 is 1.65 bits per heavy atom. The largest absolute Gasteiger partial charge is 0.299 e. The van der Waals surface area contributed by atoms with Crippen LogP contribution in [-0.4, -0.2) is 11.6 Å². The van der Waals surface area contributed by atoms with Crippen molar-refractivity contribution in [2.75, 3.05) is 0 Å². The van der Waals surface area contributed by atoms with Gasteiger partial charge in [0.2, 0.25) is 0 Å². The molecule has 4 aliphatic rings. The van der Waals surface area contributed by atoms with E-state index in [0.29, 0.717) is 35.7 Å². The lowest BCUT2D eigenvalue weighted by atomic mass is 9.48. The number of hydrogen-bond acceptors (Lipinski definition) is 2. The van der Waals surface area contributed by atoms with Gasteiger partial charge in [-0.3, -0.25) is 9.59 Å². The summed E-state index contributed by atoms with van der Waals surface area (Å²) in [5.74, 6) is 2.47. The molecule has 124 valence electrons. The van der Waals surface area contributed by atoms with Crippen molar-refractivity contribution >= 4 is 11.6 Å². The third-order valence-corrected chi connectivity index (χ3v) is 7.93. The van der Waals surface area contributed by atoms with E-state index in [1.807, 2.05) is 6.92 Å². The number of hydrogen-bond donors (Lipinski definition) is 0. The first kappa shape index (κ1) is 15.4. The Labute approximate surface area is 139 Å². The van der Waals surface area contributed by atoms with Crippen LogP contribution in [0.15, 0.2) is 22.8 Å². The minimum atomic E-state index is -0.0882. The Balaban J connectivity index is 1.85. The van der Waals surface area contributed by atoms with Crippen molar-refractivity contribution in [1.82, 2.24) is 0 Å². The highest BCUT2D eigenvalue weighted by Gasteiger charge is 2.58. The van der Waals surface area contributed by atoms with E-state index in [9.17, 15) is 9.59 Å². The maximum atomic E-state index is 12.5. The molecule has 0 aromatic heterocycles. The molecule has 0 bridgehead atoms. The SMILES string of the molecule is CC1=C[C@@H]2[C@H](CC[C@]3(C)C(=O)CC[C@@H]23)[C@@]2(C)CCC(=O)C(C)=C12. The molecular weight excluding hydrogens is 284 g/mol. The van der Waals surface area contributed by atoms with Crippen molar-refractivity contribution < 1.29 is 9.59 Å². The van der Waals surface area contributed by atoms with E-state index in [1.165, 1.54) is 11.1 Å². The Bertz CT molecular complexity index is 667. The molecule has 2 fully saturated rings. The second-order valence-electron chi connectivity index (χ2n) is 8.90. The van der Waals surface area contributed by atoms with Crippen LogP contribution in [0.5, 0.6) is 0 Å². The molecule has 4 rings (SSSR count). The molecule has 0 saturated heterocycles. The van der Waals surface area contributed by atoms with Crippen molar-refractivity contribution in [2.24, 2.45) is 28.6 Å². The molecule has 2 nitrogen and oxygen atoms in total. The lowest BCUT2D eigenvalue weighted by molar-refractivity contribution is -0.130. The second-order valence-corrected chi connectivity index (χ2v) is 8.90. The monoisotopic (exact) mass is 312 g/mol. The summed E-state index contributed by atoms with van der Waals surface area (Å²) < 4.78 is 0. The second kappa shape index (κ2) is 4.68. The fourth-order valence-corrected chi connectivity index (χ4v) is 6.69. The highest BCUT2D eigenvalue weighted by molar-refractivity contribution is 5.97. The van der Waals surface area contributed by atoms with Gasteiger partial charge in [-0.15, -0.1) is 0 Å². The summed E-state index contributed by atoms with van der Waals surface area (Å²) in [7, 11) is 0. The van der Waals surface area contributed by atoms with Gasteiger partial charge in [0.25, 0.3) is 0 Å². The molecule has 0 aromatic carbocycles. The highest BCUT2D eigenvalue weighted by atomic mass is 16.1. The number of Topliss-reactive ketones (excluding diaryl/α,β-unsaturated/α-hetero) is 2. The predicted octanol–water partition coefficient (Wildman–Crippen LogP) is 4.64. The zero-order chi connectivity index (χ0) is 16.6. The average Bonchev–Trinajstić information content (AvgIpc) is 2.79. The van der Waals surface area contributed by atoms with Gasteiger partial charge in [-0.25, -0.2) is 0 Å². The standard InChI is InChI=1S/C21H28O2/c1-12-11-14-15-5-6-18(23)20(15,3)9-7-16(14)21(4)10-8-17(22)13(2)19(12)21/h11,14-16H,5-10H2,1-4H3/t14-,15-,16-,20-,21+/m0/s1. The Morgan fingerprint density at radius 3 is 2.39 bits per heavy atom. The number of carbonyl (C=O) groups is 2. The summed E-state index contributed by atoms with van der Waals surface area (Å²) in [4.78, 5) is 24.7. The normalized spacial score (nSPS) is 46.3. The van der Waals surface area contributed by atoms with E-state index in [4.69, 9.17) is 0 Å². The molecule has 23 heavy (non-hydrogen) atoms. The third-order valence-electron chi connectivity index (χ3n) is 7.93. The van der Waals surface area contributed by atoms with Crippen molar-refractivity contribution in [1.29, 1.82) is 0 Å². The fraction of sp³-hybridized carbons (Fsp3) is 0.714. The third kappa shape index (κ3) is 1.81. The molecule has 5 atom stereocenters. The Morgan fingerprint density at radius 1 is 0.957 bits per heavy atom. The number of rotatable bonds is 0. The van der Waals surface area contributed by atoms with Gasteiger partial charge in [0.15, 0.2) is 5.78 Å². The first-order valence-electron chi connectivity index (χ1n) is 9.25. The van der Waals surface area contributed by atoms with Crippen LogP contribution in [0.1, 0.15) is 66.2 Å². The van der Waals surface area contributed by atoms with Gasteiger partial charge in [-0.1, -0.05) is 25.5 Å². The van der Waals surface area contributed by atoms with Crippen LogP contribution in [0.2, 0.25) is 0 Å². The molecule has 0 heterocycles. The summed E-state index contributed by atoms with van der Waals surface area (Å²) in [5.41, 5.74) is 3.69. The molecular formula is C21H28O2. The maximum Gasteiger partial charge on any atom is 0.158 e. The molecule has 0 aromatic rings. The molecule has 2 saturated carbocycles. The summed E-state index contributed by atoms with van der Waals surface area (Å²) in [6.07, 6.45) is 8.13. The highest BCUT2D eigenvalue weighted by Crippen LogP contribution is 2.64. The van der Waals surface area contributed by atoms with Gasteiger partial charge >= 0.3 is 0 Å². The predicted molar refractivity (Wildman–Crippen MR) is 90.9 cm³/mol.